The van der Waals surface area contributed by atoms with Crippen LogP contribution in [0.5, 0.6) is 5.75 Å². The van der Waals surface area contributed by atoms with Gasteiger partial charge in [-0.25, -0.2) is 9.78 Å². The molecule has 2 bridgehead atoms. The molecule has 3 fully saturated rings. The van der Waals surface area contributed by atoms with E-state index in [2.05, 4.69) is 25.7 Å². The molecular weight excluding hydrogens is 624 g/mol. The number of rotatable bonds is 7. The minimum atomic E-state index is -1.40. The minimum absolute atomic E-state index is 0. The van der Waals surface area contributed by atoms with Crippen molar-refractivity contribution in [3.8, 4) is 5.75 Å². The van der Waals surface area contributed by atoms with Crippen molar-refractivity contribution in [2.75, 3.05) is 25.6 Å². The van der Waals surface area contributed by atoms with Crippen molar-refractivity contribution in [3.63, 3.8) is 0 Å². The monoisotopic (exact) mass is 660 g/mol. The van der Waals surface area contributed by atoms with Crippen molar-refractivity contribution in [3.05, 3.63) is 47.0 Å². The molecule has 3 heterocycles. The van der Waals surface area contributed by atoms with Gasteiger partial charge in [-0.2, -0.15) is 9.50 Å². The quantitative estimate of drug-likeness (QED) is 0.227. The molecule has 17 heteroatoms. The van der Waals surface area contributed by atoms with Crippen LogP contribution in [0.2, 0.25) is 0 Å². The van der Waals surface area contributed by atoms with Gasteiger partial charge >= 0.3 is 11.9 Å². The number of amides is 3. The summed E-state index contributed by atoms with van der Waals surface area (Å²) in [5.74, 6) is -3.51. The van der Waals surface area contributed by atoms with Crippen molar-refractivity contribution in [1.82, 2.24) is 24.9 Å². The van der Waals surface area contributed by atoms with Gasteiger partial charge in [0.1, 0.15) is 11.4 Å². The van der Waals surface area contributed by atoms with Crippen LogP contribution in [0.4, 0.5) is 5.69 Å². The van der Waals surface area contributed by atoms with Gasteiger partial charge in [0, 0.05) is 12.6 Å². The Morgan fingerprint density at radius 2 is 1.78 bits per heavy atom. The largest absolute Gasteiger partial charge is 0.482 e. The summed E-state index contributed by atoms with van der Waals surface area (Å²) in [5.41, 5.74) is 11.6. The molecule has 2 aromatic heterocycles. The minimum Gasteiger partial charge on any atom is -0.482 e. The zero-order chi connectivity index (χ0) is 31.6. The molecule has 46 heavy (non-hydrogen) atoms. The summed E-state index contributed by atoms with van der Waals surface area (Å²) in [5, 5.41) is 18.3. The van der Waals surface area contributed by atoms with Crippen LogP contribution in [0.1, 0.15) is 83.1 Å². The molecule has 0 spiro atoms. The number of nitrogens with zero attached hydrogens (tertiary/aromatic N) is 4. The molecule has 1 aromatic carbocycles. The van der Waals surface area contributed by atoms with Crippen LogP contribution < -0.4 is 26.8 Å². The van der Waals surface area contributed by atoms with Gasteiger partial charge in [-0.3, -0.25) is 19.2 Å². The number of esters is 1. The Kier molecular flexibility index (Phi) is 10.9. The van der Waals surface area contributed by atoms with Crippen LogP contribution in [0.25, 0.3) is 5.78 Å². The number of benzene rings is 1. The van der Waals surface area contributed by atoms with Gasteiger partial charge in [0.05, 0.1) is 18.2 Å². The summed E-state index contributed by atoms with van der Waals surface area (Å²) in [6, 6.07) is 6.01. The molecule has 3 saturated carbocycles. The third-order valence-corrected chi connectivity index (χ3v) is 8.57. The van der Waals surface area contributed by atoms with Crippen molar-refractivity contribution in [1.29, 1.82) is 0 Å². The van der Waals surface area contributed by atoms with E-state index in [9.17, 15) is 29.1 Å². The number of ether oxygens (including phenoxy) is 2. The zero-order valence-electron chi connectivity index (χ0n) is 24.3. The summed E-state index contributed by atoms with van der Waals surface area (Å²) in [7, 11) is 1.50. The number of carboxylic acids is 1. The molecule has 0 radical (unpaired) electrons. The summed E-state index contributed by atoms with van der Waals surface area (Å²) in [6.45, 7) is 0.782. The van der Waals surface area contributed by atoms with Crippen molar-refractivity contribution in [2.45, 2.75) is 52.5 Å². The zero-order valence-corrected chi connectivity index (χ0v) is 25.1. The van der Waals surface area contributed by atoms with Crippen molar-refractivity contribution in [2.24, 2.45) is 22.3 Å². The second kappa shape index (κ2) is 14.1. The maximum Gasteiger partial charge on any atom is 0.354 e. The molecule has 7 N–H and O–H groups in total. The molecule has 0 saturated heterocycles. The number of nitrogens with two attached hydrogens (primary N) is 2. The van der Waals surface area contributed by atoms with E-state index >= 15 is 0 Å². The lowest BCUT2D eigenvalue weighted by Gasteiger charge is -2.51. The van der Waals surface area contributed by atoms with Gasteiger partial charge in [0.25, 0.3) is 23.5 Å². The molecule has 248 valence electrons. The molecule has 7 rings (SSSR count). The van der Waals surface area contributed by atoms with Crippen LogP contribution in [0, 0.1) is 10.8 Å². The first kappa shape index (κ1) is 35.6. The van der Waals surface area contributed by atoms with Crippen LogP contribution in [0.15, 0.2) is 24.3 Å². The molecule has 1 aliphatic heterocycles. The molecule has 3 aromatic rings. The summed E-state index contributed by atoms with van der Waals surface area (Å²) in [6.07, 6.45) is 6.28. The van der Waals surface area contributed by atoms with Crippen LogP contribution in [-0.2, 0) is 20.9 Å². The van der Waals surface area contributed by atoms with Crippen molar-refractivity contribution < 1.29 is 38.6 Å². The average Bonchev–Trinajstić information content (AvgIpc) is 3.48. The second-order valence-corrected chi connectivity index (χ2v) is 11.2. The highest BCUT2D eigenvalue weighted by atomic mass is 35.5. The van der Waals surface area contributed by atoms with Crippen LogP contribution in [0.3, 0.4) is 0 Å². The van der Waals surface area contributed by atoms with Gasteiger partial charge in [0.2, 0.25) is 5.82 Å². The standard InChI is InChI=1S/C17H13N7O6.C11H19NO2.CH4.ClH/c18-13(26)14-22-17-21-9(4-10(16(28)29)24(17)23-14)15(27)19-5-7-1-2-11-8(3-7)20-12(25)6-30-11;1-14-9(13)11-5-2-10(8-12,3-6-11)4-7-11;;/h1-4H,5-6H2,(H2,18,26)(H,19,27)(H,20,25)(H,28,29);2-8,12H2,1H3;1H4;1H. The maximum atomic E-state index is 12.5. The number of hydrogen-bond acceptors (Lipinski definition) is 11. The fourth-order valence-electron chi connectivity index (χ4n) is 5.85. The van der Waals surface area contributed by atoms with Gasteiger partial charge < -0.3 is 36.7 Å². The molecule has 3 amide bonds. The first-order valence-corrected chi connectivity index (χ1v) is 13.9. The van der Waals surface area contributed by atoms with Crippen molar-refractivity contribution >= 4 is 53.5 Å². The first-order valence-electron chi connectivity index (χ1n) is 13.9. The van der Waals surface area contributed by atoms with E-state index in [0.29, 0.717) is 22.4 Å². The Labute approximate surface area is 270 Å². The van der Waals surface area contributed by atoms with Gasteiger partial charge in [-0.15, -0.1) is 17.5 Å². The van der Waals surface area contributed by atoms with E-state index in [-0.39, 0.29) is 61.7 Å². The number of hydrogen-bond donors (Lipinski definition) is 5. The van der Waals surface area contributed by atoms with E-state index in [1.54, 1.807) is 18.2 Å². The number of carbonyl (C=O) groups excluding carboxylic acids is 4. The Balaban J connectivity index is 0.000000304. The summed E-state index contributed by atoms with van der Waals surface area (Å²) < 4.78 is 11.0. The van der Waals surface area contributed by atoms with E-state index in [1.807, 2.05) is 0 Å². The maximum absolute atomic E-state index is 12.5. The highest BCUT2D eigenvalue weighted by molar-refractivity contribution is 5.97. The van der Waals surface area contributed by atoms with E-state index in [4.69, 9.17) is 20.9 Å². The lowest BCUT2D eigenvalue weighted by atomic mass is 9.54. The average molecular weight is 661 g/mol. The third-order valence-electron chi connectivity index (χ3n) is 8.57. The number of aromatic nitrogens is 4. The highest BCUT2D eigenvalue weighted by Gasteiger charge is 2.52. The number of methoxy groups -OCH3 is 1. The van der Waals surface area contributed by atoms with Gasteiger partial charge in [-0.1, -0.05) is 13.5 Å². The SMILES string of the molecule is C.COC(=O)C12CCC(CN)(CC1)CC2.Cl.NC(=O)c1nc2nc(C(=O)NCc3ccc4c(c3)NC(=O)CO4)cc(C(=O)O)n2n1. The number of carboxylic acid groups (broad SMARTS) is 1. The fraction of sp³-hybridized carbons (Fsp3) is 0.448. The Morgan fingerprint density at radius 1 is 1.11 bits per heavy atom. The van der Waals surface area contributed by atoms with Crippen LogP contribution in [-0.4, -0.2) is 74.6 Å². The first-order chi connectivity index (χ1) is 21.0. The molecular formula is C29H37ClN8O8. The van der Waals surface area contributed by atoms with Crippen LogP contribution >= 0.6 is 12.4 Å². The topological polar surface area (TPSA) is 243 Å². The normalized spacial score (nSPS) is 20.7. The predicted octanol–water partition coefficient (Wildman–Crippen LogP) is 1.70. The lowest BCUT2D eigenvalue weighted by molar-refractivity contribution is -0.162. The predicted molar refractivity (Wildman–Crippen MR) is 166 cm³/mol. The number of primary amides is 1. The molecule has 0 unspecified atom stereocenters. The van der Waals surface area contributed by atoms with Gasteiger partial charge in [0.15, 0.2) is 12.3 Å². The van der Waals surface area contributed by atoms with E-state index < -0.39 is 29.3 Å². The second-order valence-electron chi connectivity index (χ2n) is 11.2. The number of nitrogens with one attached hydrogen (secondary N) is 2. The van der Waals surface area contributed by atoms with Gasteiger partial charge in [-0.05, 0) is 68.2 Å². The smallest absolute Gasteiger partial charge is 0.354 e. The number of aromatic carboxylic acids is 1. The van der Waals surface area contributed by atoms with E-state index in [0.717, 1.165) is 55.7 Å². The van der Waals surface area contributed by atoms with E-state index in [1.165, 1.54) is 7.11 Å². The fourth-order valence-corrected chi connectivity index (χ4v) is 5.85. The molecule has 0 atom stereocenters. The number of carbonyl (C=O) groups is 5. The lowest BCUT2D eigenvalue weighted by Crippen LogP contribution is -2.49. The Bertz CT molecular complexity index is 1650. The molecule has 3 aliphatic carbocycles. The Morgan fingerprint density at radius 3 is 2.37 bits per heavy atom. The molecule has 16 nitrogen and oxygen atoms in total. The number of fused-ring (bicyclic) bond motifs is 5. The number of anilines is 1. The summed E-state index contributed by atoms with van der Waals surface area (Å²) in [4.78, 5) is 66.0. The highest BCUT2D eigenvalue weighted by Crippen LogP contribution is 2.56. The Hall–Kier alpha value is -4.83. The number of halogens is 1. The molecule has 4 aliphatic rings. The summed E-state index contributed by atoms with van der Waals surface area (Å²) >= 11 is 0. The third kappa shape index (κ3) is 7.02.